The lowest BCUT2D eigenvalue weighted by Crippen LogP contribution is -2.59. The van der Waals surface area contributed by atoms with Crippen molar-refractivity contribution in [2.45, 2.75) is 70.4 Å². The summed E-state index contributed by atoms with van der Waals surface area (Å²) in [5.41, 5.74) is 6.02. The molecule has 1 aromatic heterocycles. The summed E-state index contributed by atoms with van der Waals surface area (Å²) in [5.74, 6) is 1.29. The quantitative estimate of drug-likeness (QED) is 0.497. The van der Waals surface area contributed by atoms with E-state index in [0.29, 0.717) is 56.7 Å². The zero-order chi connectivity index (χ0) is 25.7. The largest absolute Gasteiger partial charge is 0.383 e. The molecule has 4 rings (SSSR count). The van der Waals surface area contributed by atoms with Crippen molar-refractivity contribution in [3.8, 4) is 0 Å². The molecule has 3 N–H and O–H groups in total. The summed E-state index contributed by atoms with van der Waals surface area (Å²) >= 11 is 0. The standard InChI is InChI=1S/C26H41N5O5/c1-17-13-22(29-36-17)26(34)31-10-9-21(30(11-12-35-2)25(33)20-7-8-20)14-23(31)24(32)28-16-19-5-3-18(15-27)4-6-19/h13,18-21,23H,3-12,14-16,27H2,1-2H3,(H,28,32)/t18?,19?,21?,23-/m1/s1. The highest BCUT2D eigenvalue weighted by molar-refractivity contribution is 5.96. The van der Waals surface area contributed by atoms with Gasteiger partial charge in [-0.2, -0.15) is 0 Å². The average Bonchev–Trinajstić information content (AvgIpc) is 3.67. The molecule has 0 radical (unpaired) electrons. The van der Waals surface area contributed by atoms with Crippen LogP contribution in [0.2, 0.25) is 0 Å². The van der Waals surface area contributed by atoms with Gasteiger partial charge < -0.3 is 30.1 Å². The van der Waals surface area contributed by atoms with Gasteiger partial charge in [0.1, 0.15) is 11.8 Å². The third kappa shape index (κ3) is 6.45. The molecule has 2 aliphatic carbocycles. The number of rotatable bonds is 10. The van der Waals surface area contributed by atoms with Crippen LogP contribution < -0.4 is 11.1 Å². The van der Waals surface area contributed by atoms with E-state index in [9.17, 15) is 14.4 Å². The van der Waals surface area contributed by atoms with Crippen molar-refractivity contribution in [1.82, 2.24) is 20.3 Å². The van der Waals surface area contributed by atoms with Crippen LogP contribution >= 0.6 is 0 Å². The van der Waals surface area contributed by atoms with Crippen LogP contribution in [0.15, 0.2) is 10.6 Å². The summed E-state index contributed by atoms with van der Waals surface area (Å²) in [7, 11) is 1.62. The lowest BCUT2D eigenvalue weighted by Gasteiger charge is -2.42. The molecule has 0 bridgehead atoms. The highest BCUT2D eigenvalue weighted by atomic mass is 16.5. The SMILES string of the molecule is COCCN(C(=O)C1CC1)C1CCN(C(=O)c2cc(C)on2)[C@@H](C(=O)NCC2CCC(CN)CC2)C1. The van der Waals surface area contributed by atoms with Crippen LogP contribution in [0.1, 0.15) is 67.6 Å². The molecular formula is C26H41N5O5. The molecular weight excluding hydrogens is 462 g/mol. The molecule has 1 aromatic rings. The third-order valence-corrected chi connectivity index (χ3v) is 8.04. The van der Waals surface area contributed by atoms with Crippen LogP contribution in [0.3, 0.4) is 0 Å². The van der Waals surface area contributed by atoms with Gasteiger partial charge in [0, 0.05) is 44.8 Å². The minimum atomic E-state index is -0.675. The Labute approximate surface area is 213 Å². The van der Waals surface area contributed by atoms with Gasteiger partial charge in [-0.15, -0.1) is 0 Å². The second-order valence-corrected chi connectivity index (χ2v) is 10.7. The molecule has 1 unspecified atom stereocenters. The fourth-order valence-corrected chi connectivity index (χ4v) is 5.60. The van der Waals surface area contributed by atoms with Gasteiger partial charge in [0.05, 0.1) is 6.61 Å². The number of nitrogens with zero attached hydrogens (tertiary/aromatic N) is 3. The Bertz CT molecular complexity index is 908. The van der Waals surface area contributed by atoms with Crippen molar-refractivity contribution in [1.29, 1.82) is 0 Å². The minimum Gasteiger partial charge on any atom is -0.383 e. The van der Waals surface area contributed by atoms with E-state index < -0.39 is 6.04 Å². The van der Waals surface area contributed by atoms with Crippen molar-refractivity contribution in [3.63, 3.8) is 0 Å². The molecule has 10 heteroatoms. The smallest absolute Gasteiger partial charge is 0.276 e. The fraction of sp³-hybridized carbons (Fsp3) is 0.769. The lowest BCUT2D eigenvalue weighted by atomic mass is 9.82. The normalized spacial score (nSPS) is 26.5. The monoisotopic (exact) mass is 503 g/mol. The average molecular weight is 504 g/mol. The second kappa shape index (κ2) is 12.2. The third-order valence-electron chi connectivity index (χ3n) is 8.04. The van der Waals surface area contributed by atoms with Gasteiger partial charge >= 0.3 is 0 Å². The molecule has 10 nitrogen and oxygen atoms in total. The number of nitrogens with two attached hydrogens (primary N) is 1. The van der Waals surface area contributed by atoms with Gasteiger partial charge in [0.15, 0.2) is 5.69 Å². The Kier molecular flexibility index (Phi) is 9.00. The van der Waals surface area contributed by atoms with Gasteiger partial charge in [0.2, 0.25) is 11.8 Å². The number of ether oxygens (including phenoxy) is 1. The highest BCUT2D eigenvalue weighted by Crippen LogP contribution is 2.34. The molecule has 3 aliphatic rings. The molecule has 2 saturated carbocycles. The summed E-state index contributed by atoms with van der Waals surface area (Å²) in [4.78, 5) is 43.4. The van der Waals surface area contributed by atoms with E-state index in [4.69, 9.17) is 15.0 Å². The van der Waals surface area contributed by atoms with Gasteiger partial charge in [-0.05, 0) is 76.7 Å². The molecule has 1 saturated heterocycles. The van der Waals surface area contributed by atoms with Crippen LogP contribution in [-0.4, -0.2) is 84.7 Å². The number of nitrogens with one attached hydrogen (secondary N) is 1. The van der Waals surface area contributed by atoms with Crippen molar-refractivity contribution in [2.75, 3.05) is 39.9 Å². The summed E-state index contributed by atoms with van der Waals surface area (Å²) in [6.45, 7) is 4.36. The van der Waals surface area contributed by atoms with E-state index in [2.05, 4.69) is 10.5 Å². The number of piperidine rings is 1. The molecule has 1 aliphatic heterocycles. The Morgan fingerprint density at radius 3 is 2.50 bits per heavy atom. The van der Waals surface area contributed by atoms with Crippen LogP contribution in [-0.2, 0) is 14.3 Å². The van der Waals surface area contributed by atoms with Crippen LogP contribution in [0, 0.1) is 24.7 Å². The van der Waals surface area contributed by atoms with Gasteiger partial charge in [-0.25, -0.2) is 0 Å². The second-order valence-electron chi connectivity index (χ2n) is 10.7. The molecule has 3 amide bonds. The van der Waals surface area contributed by atoms with Gasteiger partial charge in [0.25, 0.3) is 5.91 Å². The summed E-state index contributed by atoms with van der Waals surface area (Å²) in [5, 5.41) is 7.01. The van der Waals surface area contributed by atoms with Crippen LogP contribution in [0.25, 0.3) is 0 Å². The minimum absolute atomic E-state index is 0.0792. The number of amides is 3. The maximum Gasteiger partial charge on any atom is 0.276 e. The first-order valence-electron chi connectivity index (χ1n) is 13.4. The predicted octanol–water partition coefficient (Wildman–Crippen LogP) is 1.72. The predicted molar refractivity (Wildman–Crippen MR) is 133 cm³/mol. The summed E-state index contributed by atoms with van der Waals surface area (Å²) in [6, 6.07) is 0.804. The molecule has 3 fully saturated rings. The Balaban J connectivity index is 1.46. The fourth-order valence-electron chi connectivity index (χ4n) is 5.60. The molecule has 0 spiro atoms. The number of carbonyl (C=O) groups excluding carboxylic acids is 3. The number of methoxy groups -OCH3 is 1. The number of carbonyl (C=O) groups is 3. The van der Waals surface area contributed by atoms with E-state index in [1.54, 1.807) is 25.0 Å². The van der Waals surface area contributed by atoms with Crippen molar-refractivity contribution in [3.05, 3.63) is 17.5 Å². The maximum atomic E-state index is 13.5. The molecule has 2 heterocycles. The van der Waals surface area contributed by atoms with Crippen LogP contribution in [0.4, 0.5) is 0 Å². The van der Waals surface area contributed by atoms with Gasteiger partial charge in [-0.3, -0.25) is 14.4 Å². The molecule has 0 aromatic carbocycles. The summed E-state index contributed by atoms with van der Waals surface area (Å²) < 4.78 is 10.4. The number of hydrogen-bond acceptors (Lipinski definition) is 7. The number of likely N-dealkylation sites (tertiary alicyclic amines) is 1. The first kappa shape index (κ1) is 26.6. The first-order valence-corrected chi connectivity index (χ1v) is 13.4. The van der Waals surface area contributed by atoms with E-state index in [0.717, 1.165) is 45.1 Å². The summed E-state index contributed by atoms with van der Waals surface area (Å²) in [6.07, 6.45) is 7.14. The molecule has 2 atom stereocenters. The van der Waals surface area contributed by atoms with E-state index >= 15 is 0 Å². The van der Waals surface area contributed by atoms with Crippen molar-refractivity contribution < 1.29 is 23.6 Å². The zero-order valence-corrected chi connectivity index (χ0v) is 21.6. The lowest BCUT2D eigenvalue weighted by molar-refractivity contribution is -0.139. The zero-order valence-electron chi connectivity index (χ0n) is 21.6. The van der Waals surface area contributed by atoms with E-state index in [1.165, 1.54) is 0 Å². The van der Waals surface area contributed by atoms with Gasteiger partial charge in [-0.1, -0.05) is 5.16 Å². The Morgan fingerprint density at radius 1 is 1.17 bits per heavy atom. The Morgan fingerprint density at radius 2 is 1.89 bits per heavy atom. The number of aryl methyl sites for hydroxylation is 1. The highest BCUT2D eigenvalue weighted by Gasteiger charge is 2.43. The van der Waals surface area contributed by atoms with Crippen molar-refractivity contribution in [2.24, 2.45) is 23.5 Å². The van der Waals surface area contributed by atoms with E-state index in [-0.39, 0.29) is 35.4 Å². The van der Waals surface area contributed by atoms with Crippen LogP contribution in [0.5, 0.6) is 0 Å². The molecule has 200 valence electrons. The van der Waals surface area contributed by atoms with Crippen molar-refractivity contribution >= 4 is 17.7 Å². The Hall–Kier alpha value is -2.46. The maximum absolute atomic E-state index is 13.5. The number of hydrogen-bond donors (Lipinski definition) is 2. The van der Waals surface area contributed by atoms with E-state index in [1.807, 2.05) is 4.90 Å². The topological polar surface area (TPSA) is 131 Å². The molecule has 36 heavy (non-hydrogen) atoms. The first-order chi connectivity index (χ1) is 17.4. The number of aromatic nitrogens is 1.